The summed E-state index contributed by atoms with van der Waals surface area (Å²) in [6.45, 7) is 10.7. The quantitative estimate of drug-likeness (QED) is 0.736. The SMILES string of the molecule is CCC(CC)CN(CC)C(=O)C(C)(C)O. The molecule has 3 nitrogen and oxygen atoms in total. The van der Waals surface area contributed by atoms with E-state index < -0.39 is 5.60 Å². The van der Waals surface area contributed by atoms with Crippen LogP contribution in [0.1, 0.15) is 47.5 Å². The van der Waals surface area contributed by atoms with Gasteiger partial charge in [-0.2, -0.15) is 0 Å². The Kier molecular flexibility index (Phi) is 5.88. The Morgan fingerprint density at radius 2 is 1.73 bits per heavy atom. The highest BCUT2D eigenvalue weighted by Crippen LogP contribution is 2.13. The molecule has 0 heterocycles. The molecule has 90 valence electrons. The first-order valence-corrected chi connectivity index (χ1v) is 5.88. The smallest absolute Gasteiger partial charge is 0.253 e. The maximum Gasteiger partial charge on any atom is 0.253 e. The molecule has 0 aromatic rings. The number of amides is 1. The van der Waals surface area contributed by atoms with Crippen molar-refractivity contribution in [3.8, 4) is 0 Å². The fraction of sp³-hybridized carbons (Fsp3) is 0.917. The van der Waals surface area contributed by atoms with Gasteiger partial charge in [-0.05, 0) is 26.7 Å². The van der Waals surface area contributed by atoms with Crippen LogP contribution in [0.15, 0.2) is 0 Å². The normalized spacial score (nSPS) is 11.9. The fourth-order valence-corrected chi connectivity index (χ4v) is 1.60. The number of hydrogen-bond donors (Lipinski definition) is 1. The van der Waals surface area contributed by atoms with Gasteiger partial charge in [-0.1, -0.05) is 26.7 Å². The molecule has 0 unspecified atom stereocenters. The van der Waals surface area contributed by atoms with Crippen LogP contribution in [-0.2, 0) is 4.79 Å². The second kappa shape index (κ2) is 6.11. The molecule has 0 fully saturated rings. The Morgan fingerprint density at radius 1 is 1.27 bits per heavy atom. The van der Waals surface area contributed by atoms with E-state index in [4.69, 9.17) is 0 Å². The lowest BCUT2D eigenvalue weighted by Gasteiger charge is -2.30. The van der Waals surface area contributed by atoms with Gasteiger partial charge in [0.1, 0.15) is 5.60 Å². The van der Waals surface area contributed by atoms with E-state index in [-0.39, 0.29) is 5.91 Å². The summed E-state index contributed by atoms with van der Waals surface area (Å²) in [6, 6.07) is 0. The minimum absolute atomic E-state index is 0.170. The Bertz CT molecular complexity index is 192. The highest BCUT2D eigenvalue weighted by molar-refractivity contribution is 5.84. The molecule has 0 bridgehead atoms. The predicted octanol–water partition coefficient (Wildman–Crippen LogP) is 2.04. The second-order valence-corrected chi connectivity index (χ2v) is 4.59. The van der Waals surface area contributed by atoms with Crippen molar-refractivity contribution in [1.82, 2.24) is 4.90 Å². The lowest BCUT2D eigenvalue weighted by Crippen LogP contribution is -2.46. The molecule has 0 atom stereocenters. The van der Waals surface area contributed by atoms with Crippen LogP contribution in [0.4, 0.5) is 0 Å². The van der Waals surface area contributed by atoms with Crippen LogP contribution >= 0.6 is 0 Å². The maximum absolute atomic E-state index is 11.8. The summed E-state index contributed by atoms with van der Waals surface area (Å²) in [5.41, 5.74) is -1.25. The molecule has 0 aliphatic carbocycles. The molecule has 0 saturated carbocycles. The Labute approximate surface area is 93.5 Å². The maximum atomic E-state index is 11.8. The van der Waals surface area contributed by atoms with E-state index in [1.165, 1.54) is 0 Å². The molecule has 0 spiro atoms. The van der Waals surface area contributed by atoms with Crippen molar-refractivity contribution >= 4 is 5.91 Å². The van der Waals surface area contributed by atoms with E-state index in [1.807, 2.05) is 6.92 Å². The van der Waals surface area contributed by atoms with E-state index >= 15 is 0 Å². The van der Waals surface area contributed by atoms with Crippen molar-refractivity contribution in [3.05, 3.63) is 0 Å². The molecule has 0 aliphatic rings. The van der Waals surface area contributed by atoms with Crippen molar-refractivity contribution in [3.63, 3.8) is 0 Å². The summed E-state index contributed by atoms with van der Waals surface area (Å²) in [6.07, 6.45) is 2.15. The molecular formula is C12H25NO2. The molecule has 1 N–H and O–H groups in total. The molecule has 0 saturated heterocycles. The van der Waals surface area contributed by atoms with Gasteiger partial charge in [0.05, 0.1) is 0 Å². The number of rotatable bonds is 6. The zero-order valence-electron chi connectivity index (χ0n) is 10.7. The van der Waals surface area contributed by atoms with E-state index in [0.29, 0.717) is 12.5 Å². The Morgan fingerprint density at radius 3 is 2.00 bits per heavy atom. The lowest BCUT2D eigenvalue weighted by atomic mass is 10.0. The van der Waals surface area contributed by atoms with E-state index in [0.717, 1.165) is 19.4 Å². The van der Waals surface area contributed by atoms with Crippen LogP contribution in [0, 0.1) is 5.92 Å². The zero-order chi connectivity index (χ0) is 12.1. The minimum Gasteiger partial charge on any atom is -0.381 e. The van der Waals surface area contributed by atoms with Crippen LogP contribution in [0.5, 0.6) is 0 Å². The summed E-state index contributed by atoms with van der Waals surface area (Å²) >= 11 is 0. The van der Waals surface area contributed by atoms with Crippen molar-refractivity contribution in [2.45, 2.75) is 53.1 Å². The van der Waals surface area contributed by atoms with Crippen LogP contribution < -0.4 is 0 Å². The van der Waals surface area contributed by atoms with Crippen LogP contribution in [0.25, 0.3) is 0 Å². The predicted molar refractivity (Wildman–Crippen MR) is 62.6 cm³/mol. The molecule has 0 rings (SSSR count). The number of hydrogen-bond acceptors (Lipinski definition) is 2. The summed E-state index contributed by atoms with van der Waals surface area (Å²) < 4.78 is 0. The molecule has 0 aromatic heterocycles. The van der Waals surface area contributed by atoms with Gasteiger partial charge < -0.3 is 10.0 Å². The topological polar surface area (TPSA) is 40.5 Å². The standard InChI is InChI=1S/C12H25NO2/c1-6-10(7-2)9-13(8-3)11(14)12(4,5)15/h10,15H,6-9H2,1-5H3. The average Bonchev–Trinajstić information content (AvgIpc) is 2.18. The van der Waals surface area contributed by atoms with Crippen LogP contribution in [-0.4, -0.2) is 34.6 Å². The molecule has 1 amide bonds. The average molecular weight is 215 g/mol. The van der Waals surface area contributed by atoms with Crippen molar-refractivity contribution in [2.24, 2.45) is 5.92 Å². The number of carbonyl (C=O) groups excluding carboxylic acids is 1. The number of likely N-dealkylation sites (N-methyl/N-ethyl adjacent to an activating group) is 1. The number of nitrogens with zero attached hydrogens (tertiary/aromatic N) is 1. The molecule has 0 aliphatic heterocycles. The van der Waals surface area contributed by atoms with Gasteiger partial charge >= 0.3 is 0 Å². The zero-order valence-corrected chi connectivity index (χ0v) is 10.7. The molecule has 0 radical (unpaired) electrons. The first-order valence-electron chi connectivity index (χ1n) is 5.88. The van der Waals surface area contributed by atoms with Crippen LogP contribution in [0.3, 0.4) is 0 Å². The molecular weight excluding hydrogens is 190 g/mol. The highest BCUT2D eigenvalue weighted by Gasteiger charge is 2.29. The Hall–Kier alpha value is -0.570. The highest BCUT2D eigenvalue weighted by atomic mass is 16.3. The lowest BCUT2D eigenvalue weighted by molar-refractivity contribution is -0.148. The van der Waals surface area contributed by atoms with E-state index in [9.17, 15) is 9.90 Å². The van der Waals surface area contributed by atoms with Crippen molar-refractivity contribution in [1.29, 1.82) is 0 Å². The third-order valence-corrected chi connectivity index (χ3v) is 2.83. The van der Waals surface area contributed by atoms with Gasteiger partial charge in [0, 0.05) is 13.1 Å². The van der Waals surface area contributed by atoms with Gasteiger partial charge in [0.2, 0.25) is 0 Å². The summed E-state index contributed by atoms with van der Waals surface area (Å²) in [5, 5.41) is 9.65. The minimum atomic E-state index is -1.25. The molecule has 3 heteroatoms. The van der Waals surface area contributed by atoms with Gasteiger partial charge in [-0.25, -0.2) is 0 Å². The number of aliphatic hydroxyl groups is 1. The van der Waals surface area contributed by atoms with Crippen molar-refractivity contribution < 1.29 is 9.90 Å². The first-order chi connectivity index (χ1) is 6.86. The summed E-state index contributed by atoms with van der Waals surface area (Å²) in [7, 11) is 0. The van der Waals surface area contributed by atoms with Gasteiger partial charge in [0.15, 0.2) is 0 Å². The second-order valence-electron chi connectivity index (χ2n) is 4.59. The molecule has 15 heavy (non-hydrogen) atoms. The largest absolute Gasteiger partial charge is 0.381 e. The summed E-state index contributed by atoms with van der Waals surface area (Å²) in [5.74, 6) is 0.369. The van der Waals surface area contributed by atoms with E-state index in [2.05, 4.69) is 13.8 Å². The van der Waals surface area contributed by atoms with Gasteiger partial charge in [-0.15, -0.1) is 0 Å². The summed E-state index contributed by atoms with van der Waals surface area (Å²) in [4.78, 5) is 13.6. The fourth-order valence-electron chi connectivity index (χ4n) is 1.60. The van der Waals surface area contributed by atoms with Gasteiger partial charge in [0.25, 0.3) is 5.91 Å². The van der Waals surface area contributed by atoms with Crippen molar-refractivity contribution in [2.75, 3.05) is 13.1 Å². The molecule has 0 aromatic carbocycles. The number of carbonyl (C=O) groups is 1. The van der Waals surface area contributed by atoms with Crippen LogP contribution in [0.2, 0.25) is 0 Å². The van der Waals surface area contributed by atoms with Gasteiger partial charge in [-0.3, -0.25) is 4.79 Å². The first kappa shape index (κ1) is 14.4. The Balaban J connectivity index is 4.43. The third kappa shape index (κ3) is 4.65. The monoisotopic (exact) mass is 215 g/mol. The van der Waals surface area contributed by atoms with E-state index in [1.54, 1.807) is 18.7 Å². The third-order valence-electron chi connectivity index (χ3n) is 2.83.